The van der Waals surface area contributed by atoms with Crippen LogP contribution in [0.25, 0.3) is 11.4 Å². The number of nitrogens with one attached hydrogen (secondary N) is 1. The lowest BCUT2D eigenvalue weighted by Gasteiger charge is -2.11. The summed E-state index contributed by atoms with van der Waals surface area (Å²) >= 11 is 5.95. The maximum atomic E-state index is 12.6. The van der Waals surface area contributed by atoms with E-state index in [9.17, 15) is 4.79 Å². The Balaban J connectivity index is 1.88. The average Bonchev–Trinajstić information content (AvgIpc) is 3.07. The van der Waals surface area contributed by atoms with Gasteiger partial charge >= 0.3 is 0 Å². The van der Waals surface area contributed by atoms with Gasteiger partial charge in [0.2, 0.25) is 0 Å². The SMILES string of the molecule is Cc1cc(Cl)ccc1NC(=O)c1cccc(-c2nnnn2C(C)C)c1. The lowest BCUT2D eigenvalue weighted by Crippen LogP contribution is -2.13. The van der Waals surface area contributed by atoms with Gasteiger partial charge in [0.15, 0.2) is 5.82 Å². The fourth-order valence-corrected chi connectivity index (χ4v) is 2.72. The molecule has 0 fully saturated rings. The number of rotatable bonds is 4. The third kappa shape index (κ3) is 3.69. The number of aryl methyl sites for hydroxylation is 1. The lowest BCUT2D eigenvalue weighted by atomic mass is 10.1. The minimum Gasteiger partial charge on any atom is -0.322 e. The summed E-state index contributed by atoms with van der Waals surface area (Å²) in [7, 11) is 0. The number of halogens is 1. The molecule has 0 spiro atoms. The molecule has 25 heavy (non-hydrogen) atoms. The van der Waals surface area contributed by atoms with E-state index in [0.717, 1.165) is 16.8 Å². The van der Waals surface area contributed by atoms with Crippen LogP contribution in [-0.2, 0) is 0 Å². The van der Waals surface area contributed by atoms with Gasteiger partial charge < -0.3 is 5.32 Å². The van der Waals surface area contributed by atoms with Crippen molar-refractivity contribution in [1.29, 1.82) is 0 Å². The Morgan fingerprint density at radius 1 is 1.20 bits per heavy atom. The van der Waals surface area contributed by atoms with E-state index in [1.165, 1.54) is 0 Å². The summed E-state index contributed by atoms with van der Waals surface area (Å²) in [5.74, 6) is 0.433. The van der Waals surface area contributed by atoms with Crippen molar-refractivity contribution in [3.8, 4) is 11.4 Å². The minimum atomic E-state index is -0.198. The molecular weight excluding hydrogens is 338 g/mol. The molecule has 0 saturated carbocycles. The van der Waals surface area contributed by atoms with E-state index in [1.807, 2.05) is 39.0 Å². The fraction of sp³-hybridized carbons (Fsp3) is 0.222. The van der Waals surface area contributed by atoms with Crippen molar-refractivity contribution in [2.75, 3.05) is 5.32 Å². The number of amides is 1. The van der Waals surface area contributed by atoms with Crippen LogP contribution in [0.15, 0.2) is 42.5 Å². The zero-order valence-electron chi connectivity index (χ0n) is 14.2. The highest BCUT2D eigenvalue weighted by atomic mass is 35.5. The van der Waals surface area contributed by atoms with Gasteiger partial charge in [-0.3, -0.25) is 4.79 Å². The first-order chi connectivity index (χ1) is 12.0. The molecular formula is C18H18ClN5O. The Hall–Kier alpha value is -2.73. The molecule has 0 bridgehead atoms. The van der Waals surface area contributed by atoms with Gasteiger partial charge in [0.1, 0.15) is 0 Å². The highest BCUT2D eigenvalue weighted by molar-refractivity contribution is 6.30. The highest BCUT2D eigenvalue weighted by Crippen LogP contribution is 2.23. The highest BCUT2D eigenvalue weighted by Gasteiger charge is 2.14. The number of nitrogens with zero attached hydrogens (tertiary/aromatic N) is 4. The Kier molecular flexibility index (Phi) is 4.81. The van der Waals surface area contributed by atoms with Crippen molar-refractivity contribution in [3.05, 3.63) is 58.6 Å². The molecule has 0 aliphatic heterocycles. The summed E-state index contributed by atoms with van der Waals surface area (Å²) in [6, 6.07) is 12.7. The summed E-state index contributed by atoms with van der Waals surface area (Å²) in [5.41, 5.74) is 2.96. The second-order valence-electron chi connectivity index (χ2n) is 6.03. The smallest absolute Gasteiger partial charge is 0.255 e. The Morgan fingerprint density at radius 3 is 2.72 bits per heavy atom. The molecule has 2 aromatic carbocycles. The van der Waals surface area contributed by atoms with Gasteiger partial charge in [-0.15, -0.1) is 5.10 Å². The topological polar surface area (TPSA) is 72.7 Å². The molecule has 1 heterocycles. The molecule has 1 aromatic heterocycles. The van der Waals surface area contributed by atoms with Crippen LogP contribution in [0.2, 0.25) is 5.02 Å². The first-order valence-corrected chi connectivity index (χ1v) is 8.29. The molecule has 0 atom stereocenters. The van der Waals surface area contributed by atoms with Gasteiger partial charge in [-0.2, -0.15) is 0 Å². The third-order valence-corrected chi connectivity index (χ3v) is 4.04. The van der Waals surface area contributed by atoms with Crippen molar-refractivity contribution < 1.29 is 4.79 Å². The van der Waals surface area contributed by atoms with E-state index >= 15 is 0 Å². The van der Waals surface area contributed by atoms with Crippen LogP contribution in [0, 0.1) is 6.92 Å². The maximum Gasteiger partial charge on any atom is 0.255 e. The van der Waals surface area contributed by atoms with E-state index < -0.39 is 0 Å². The van der Waals surface area contributed by atoms with Crippen LogP contribution in [0.5, 0.6) is 0 Å². The van der Waals surface area contributed by atoms with Crippen LogP contribution < -0.4 is 5.32 Å². The van der Waals surface area contributed by atoms with Crippen molar-refractivity contribution in [1.82, 2.24) is 20.2 Å². The minimum absolute atomic E-state index is 0.124. The van der Waals surface area contributed by atoms with Gasteiger partial charge in [0, 0.05) is 21.8 Å². The third-order valence-electron chi connectivity index (χ3n) is 3.80. The fourth-order valence-electron chi connectivity index (χ4n) is 2.49. The molecule has 1 amide bonds. The number of carbonyl (C=O) groups excluding carboxylic acids is 1. The van der Waals surface area contributed by atoms with Crippen LogP contribution in [-0.4, -0.2) is 26.1 Å². The summed E-state index contributed by atoms with van der Waals surface area (Å²) in [5, 5.41) is 15.3. The largest absolute Gasteiger partial charge is 0.322 e. The van der Waals surface area contributed by atoms with Crippen LogP contribution >= 0.6 is 11.6 Å². The van der Waals surface area contributed by atoms with Gasteiger partial charge in [-0.25, -0.2) is 4.68 Å². The normalized spacial score (nSPS) is 10.9. The second-order valence-corrected chi connectivity index (χ2v) is 6.47. The summed E-state index contributed by atoms with van der Waals surface area (Å²) in [6.45, 7) is 5.90. The molecule has 128 valence electrons. The molecule has 0 aliphatic rings. The first kappa shape index (κ1) is 17.1. The number of hydrogen-bond acceptors (Lipinski definition) is 4. The number of aromatic nitrogens is 4. The first-order valence-electron chi connectivity index (χ1n) is 7.91. The van der Waals surface area contributed by atoms with Gasteiger partial charge in [0.25, 0.3) is 5.91 Å². The maximum absolute atomic E-state index is 12.6. The average molecular weight is 356 g/mol. The molecule has 1 N–H and O–H groups in total. The monoisotopic (exact) mass is 355 g/mol. The molecule has 7 heteroatoms. The van der Waals surface area contributed by atoms with Crippen molar-refractivity contribution >= 4 is 23.2 Å². The van der Waals surface area contributed by atoms with Gasteiger partial charge in [-0.1, -0.05) is 23.7 Å². The number of anilines is 1. The van der Waals surface area contributed by atoms with E-state index in [0.29, 0.717) is 16.4 Å². The molecule has 0 aliphatic carbocycles. The summed E-state index contributed by atoms with van der Waals surface area (Å²) < 4.78 is 1.72. The quantitative estimate of drug-likeness (QED) is 0.763. The number of hydrogen-bond donors (Lipinski definition) is 1. The van der Waals surface area contributed by atoms with Crippen LogP contribution in [0.3, 0.4) is 0 Å². The standard InChI is InChI=1S/C18H18ClN5O/c1-11(2)24-17(21-22-23-24)13-5-4-6-14(10-13)18(25)20-16-8-7-15(19)9-12(16)3/h4-11H,1-3H3,(H,20,25). The second kappa shape index (κ2) is 7.03. The van der Waals surface area contributed by atoms with Gasteiger partial charge in [-0.05, 0) is 67.1 Å². The summed E-state index contributed by atoms with van der Waals surface area (Å²) in [6.07, 6.45) is 0. The van der Waals surface area contributed by atoms with Crippen LogP contribution in [0.4, 0.5) is 5.69 Å². The summed E-state index contributed by atoms with van der Waals surface area (Å²) in [4.78, 5) is 12.6. The molecule has 0 radical (unpaired) electrons. The van der Waals surface area contributed by atoms with Gasteiger partial charge in [0.05, 0.1) is 6.04 Å². The lowest BCUT2D eigenvalue weighted by molar-refractivity contribution is 0.102. The van der Waals surface area contributed by atoms with Crippen LogP contribution in [0.1, 0.15) is 35.8 Å². The molecule has 0 unspecified atom stereocenters. The van der Waals surface area contributed by atoms with E-state index in [2.05, 4.69) is 20.8 Å². The Labute approximate surface area is 150 Å². The molecule has 3 aromatic rings. The van der Waals surface area contributed by atoms with Crippen molar-refractivity contribution in [2.45, 2.75) is 26.8 Å². The zero-order chi connectivity index (χ0) is 18.0. The molecule has 6 nitrogen and oxygen atoms in total. The van der Waals surface area contributed by atoms with E-state index in [1.54, 1.807) is 28.9 Å². The number of benzene rings is 2. The Morgan fingerprint density at radius 2 is 2.00 bits per heavy atom. The predicted molar refractivity (Wildman–Crippen MR) is 97.8 cm³/mol. The number of carbonyl (C=O) groups is 1. The molecule has 3 rings (SSSR count). The van der Waals surface area contributed by atoms with Crippen molar-refractivity contribution in [3.63, 3.8) is 0 Å². The van der Waals surface area contributed by atoms with E-state index in [-0.39, 0.29) is 11.9 Å². The van der Waals surface area contributed by atoms with Crippen molar-refractivity contribution in [2.24, 2.45) is 0 Å². The van der Waals surface area contributed by atoms with E-state index in [4.69, 9.17) is 11.6 Å². The molecule has 0 saturated heterocycles. The number of tetrazole rings is 1. The predicted octanol–water partition coefficient (Wildman–Crippen LogP) is 4.14. The zero-order valence-corrected chi connectivity index (χ0v) is 14.9. The Bertz CT molecular complexity index is 919.